The Labute approximate surface area is 115 Å². The zero-order valence-corrected chi connectivity index (χ0v) is 10.6. The zero-order chi connectivity index (χ0) is 14.1. The summed E-state index contributed by atoms with van der Waals surface area (Å²) in [5, 5.41) is 13.5. The first-order chi connectivity index (χ1) is 9.63. The maximum Gasteiger partial charge on any atom is 0.269 e. The fraction of sp³-hybridized carbons (Fsp3) is 0.133. The highest BCUT2D eigenvalue weighted by atomic mass is 16.6. The number of non-ortho nitro benzene ring substituents is 1. The number of hydrogen-bond donors (Lipinski definition) is 1. The Morgan fingerprint density at radius 1 is 1.00 bits per heavy atom. The largest absolute Gasteiger partial charge is 0.326 e. The first-order valence-corrected chi connectivity index (χ1v) is 6.31. The van der Waals surface area contributed by atoms with E-state index in [1.807, 2.05) is 18.2 Å². The summed E-state index contributed by atoms with van der Waals surface area (Å²) in [7, 11) is 0. The van der Waals surface area contributed by atoms with E-state index in [0.717, 1.165) is 28.8 Å². The molecule has 1 heterocycles. The molecule has 0 saturated carbocycles. The van der Waals surface area contributed by atoms with Gasteiger partial charge in [-0.15, -0.1) is 0 Å². The Morgan fingerprint density at radius 2 is 1.70 bits per heavy atom. The molecule has 5 heteroatoms. The first-order valence-electron chi connectivity index (χ1n) is 6.31. The van der Waals surface area contributed by atoms with E-state index in [0.29, 0.717) is 6.42 Å². The Bertz CT molecular complexity index is 693. The molecule has 2 aromatic rings. The molecule has 1 amide bonds. The number of carbonyl (C=O) groups excluding carboxylic acids is 1. The van der Waals surface area contributed by atoms with Crippen LogP contribution in [-0.2, 0) is 11.2 Å². The van der Waals surface area contributed by atoms with Crippen molar-refractivity contribution in [1.29, 1.82) is 0 Å². The minimum Gasteiger partial charge on any atom is -0.326 e. The standard InChI is InChI=1S/C15H12N2O3/c18-15-8-4-12-9-11(3-7-14(12)16-15)10-1-5-13(6-2-10)17(19)20/h1-3,5-7,9H,4,8H2,(H,16,18). The second-order valence-corrected chi connectivity index (χ2v) is 4.72. The van der Waals surface area contributed by atoms with Gasteiger partial charge in [-0.2, -0.15) is 0 Å². The average molecular weight is 268 g/mol. The summed E-state index contributed by atoms with van der Waals surface area (Å²) in [6, 6.07) is 12.3. The van der Waals surface area contributed by atoms with E-state index in [-0.39, 0.29) is 11.6 Å². The van der Waals surface area contributed by atoms with Gasteiger partial charge in [-0.3, -0.25) is 14.9 Å². The van der Waals surface area contributed by atoms with E-state index in [1.54, 1.807) is 12.1 Å². The summed E-state index contributed by atoms with van der Waals surface area (Å²) in [6.07, 6.45) is 1.22. The first kappa shape index (κ1) is 12.3. The molecule has 20 heavy (non-hydrogen) atoms. The highest BCUT2D eigenvalue weighted by Gasteiger charge is 2.15. The Kier molecular flexibility index (Phi) is 2.95. The third kappa shape index (κ3) is 2.25. The van der Waals surface area contributed by atoms with Crippen molar-refractivity contribution in [3.05, 3.63) is 58.1 Å². The number of benzene rings is 2. The third-order valence-corrected chi connectivity index (χ3v) is 3.41. The van der Waals surface area contributed by atoms with Gasteiger partial charge < -0.3 is 5.32 Å². The number of nitro benzene ring substituents is 1. The number of nitro groups is 1. The monoisotopic (exact) mass is 268 g/mol. The Morgan fingerprint density at radius 3 is 2.40 bits per heavy atom. The van der Waals surface area contributed by atoms with Gasteiger partial charge in [-0.1, -0.05) is 6.07 Å². The van der Waals surface area contributed by atoms with Crippen molar-refractivity contribution in [2.24, 2.45) is 0 Å². The number of fused-ring (bicyclic) bond motifs is 1. The minimum absolute atomic E-state index is 0.0422. The lowest BCUT2D eigenvalue weighted by Crippen LogP contribution is -2.18. The number of carbonyl (C=O) groups is 1. The van der Waals surface area contributed by atoms with Crippen molar-refractivity contribution >= 4 is 17.3 Å². The van der Waals surface area contributed by atoms with Crippen molar-refractivity contribution in [1.82, 2.24) is 0 Å². The lowest BCUT2D eigenvalue weighted by molar-refractivity contribution is -0.384. The topological polar surface area (TPSA) is 72.2 Å². The predicted molar refractivity (Wildman–Crippen MR) is 75.5 cm³/mol. The van der Waals surface area contributed by atoms with E-state index in [1.165, 1.54) is 12.1 Å². The van der Waals surface area contributed by atoms with Crippen LogP contribution in [-0.4, -0.2) is 10.8 Å². The second-order valence-electron chi connectivity index (χ2n) is 4.72. The van der Waals surface area contributed by atoms with Gasteiger partial charge in [0.2, 0.25) is 5.91 Å². The van der Waals surface area contributed by atoms with Crippen LogP contribution in [0.2, 0.25) is 0 Å². The van der Waals surface area contributed by atoms with Gasteiger partial charge >= 0.3 is 0 Å². The van der Waals surface area contributed by atoms with Crippen LogP contribution in [0.25, 0.3) is 11.1 Å². The van der Waals surface area contributed by atoms with Gasteiger partial charge in [-0.05, 0) is 47.4 Å². The summed E-state index contributed by atoms with van der Waals surface area (Å²) in [6.45, 7) is 0. The number of anilines is 1. The van der Waals surface area contributed by atoms with Crippen LogP contribution in [0.3, 0.4) is 0 Å². The van der Waals surface area contributed by atoms with Crippen LogP contribution < -0.4 is 5.32 Å². The molecule has 3 rings (SSSR count). The molecule has 0 unspecified atom stereocenters. The van der Waals surface area contributed by atoms with Crippen molar-refractivity contribution in [2.45, 2.75) is 12.8 Å². The summed E-state index contributed by atoms with van der Waals surface area (Å²) >= 11 is 0. The van der Waals surface area contributed by atoms with Crippen molar-refractivity contribution < 1.29 is 9.72 Å². The number of hydrogen-bond acceptors (Lipinski definition) is 3. The fourth-order valence-electron chi connectivity index (χ4n) is 2.34. The molecule has 0 bridgehead atoms. The van der Waals surface area contributed by atoms with Crippen molar-refractivity contribution in [3.8, 4) is 11.1 Å². The number of rotatable bonds is 2. The highest BCUT2D eigenvalue weighted by molar-refractivity contribution is 5.94. The maximum absolute atomic E-state index is 11.3. The lowest BCUT2D eigenvalue weighted by atomic mass is 9.97. The molecule has 0 radical (unpaired) electrons. The Balaban J connectivity index is 1.94. The van der Waals surface area contributed by atoms with E-state index in [2.05, 4.69) is 5.32 Å². The zero-order valence-electron chi connectivity index (χ0n) is 10.6. The SMILES string of the molecule is O=C1CCc2cc(-c3ccc([N+](=O)[O-])cc3)ccc2N1. The highest BCUT2D eigenvalue weighted by Crippen LogP contribution is 2.29. The molecule has 1 aliphatic heterocycles. The summed E-state index contributed by atoms with van der Waals surface area (Å²) < 4.78 is 0. The van der Waals surface area contributed by atoms with Gasteiger partial charge in [0.05, 0.1) is 4.92 Å². The number of nitrogens with zero attached hydrogens (tertiary/aromatic N) is 1. The van der Waals surface area contributed by atoms with E-state index >= 15 is 0 Å². The smallest absolute Gasteiger partial charge is 0.269 e. The molecule has 0 fully saturated rings. The maximum atomic E-state index is 11.3. The number of nitrogens with one attached hydrogen (secondary N) is 1. The molecule has 0 atom stereocenters. The molecule has 1 aliphatic rings. The molecular weight excluding hydrogens is 256 g/mol. The van der Waals surface area contributed by atoms with Gasteiger partial charge in [0.25, 0.3) is 5.69 Å². The molecule has 100 valence electrons. The molecule has 0 saturated heterocycles. The molecule has 0 aromatic heterocycles. The normalized spacial score (nSPS) is 13.5. The molecule has 0 aliphatic carbocycles. The molecule has 0 spiro atoms. The van der Waals surface area contributed by atoms with Crippen molar-refractivity contribution in [3.63, 3.8) is 0 Å². The lowest BCUT2D eigenvalue weighted by Gasteiger charge is -2.17. The van der Waals surface area contributed by atoms with Crippen LogP contribution in [0.4, 0.5) is 11.4 Å². The summed E-state index contributed by atoms with van der Waals surface area (Å²) in [5.41, 5.74) is 3.96. The van der Waals surface area contributed by atoms with Crippen LogP contribution in [0.5, 0.6) is 0 Å². The third-order valence-electron chi connectivity index (χ3n) is 3.41. The van der Waals surface area contributed by atoms with Crippen LogP contribution in [0.1, 0.15) is 12.0 Å². The van der Waals surface area contributed by atoms with Crippen LogP contribution in [0, 0.1) is 10.1 Å². The van der Waals surface area contributed by atoms with Gasteiger partial charge in [-0.25, -0.2) is 0 Å². The summed E-state index contributed by atoms with van der Waals surface area (Å²) in [5.74, 6) is 0.0422. The van der Waals surface area contributed by atoms with Crippen LogP contribution in [0.15, 0.2) is 42.5 Å². The molecule has 1 N–H and O–H groups in total. The van der Waals surface area contributed by atoms with Gasteiger partial charge in [0.15, 0.2) is 0 Å². The van der Waals surface area contributed by atoms with Gasteiger partial charge in [0.1, 0.15) is 0 Å². The fourth-order valence-corrected chi connectivity index (χ4v) is 2.34. The summed E-state index contributed by atoms with van der Waals surface area (Å²) in [4.78, 5) is 21.5. The predicted octanol–water partition coefficient (Wildman–Crippen LogP) is 3.15. The quantitative estimate of drug-likeness (QED) is 0.671. The molecule has 5 nitrogen and oxygen atoms in total. The van der Waals surface area contributed by atoms with E-state index < -0.39 is 4.92 Å². The number of aryl methyl sites for hydroxylation is 1. The minimum atomic E-state index is -0.411. The van der Waals surface area contributed by atoms with Crippen LogP contribution >= 0.6 is 0 Å². The average Bonchev–Trinajstić information content (AvgIpc) is 2.47. The van der Waals surface area contributed by atoms with E-state index in [4.69, 9.17) is 0 Å². The second kappa shape index (κ2) is 4.77. The molecular formula is C15H12N2O3. The molecule has 2 aromatic carbocycles. The number of amides is 1. The van der Waals surface area contributed by atoms with Crippen molar-refractivity contribution in [2.75, 3.05) is 5.32 Å². The van der Waals surface area contributed by atoms with E-state index in [9.17, 15) is 14.9 Å². The Hall–Kier alpha value is -2.69. The van der Waals surface area contributed by atoms with Gasteiger partial charge in [0, 0.05) is 24.2 Å².